The molecule has 0 atom stereocenters. The van der Waals surface area contributed by atoms with E-state index >= 15 is 0 Å². The number of sulfonamides is 1. The van der Waals surface area contributed by atoms with Crippen molar-refractivity contribution in [1.82, 2.24) is 9.21 Å². The van der Waals surface area contributed by atoms with Gasteiger partial charge in [0.2, 0.25) is 15.9 Å². The second-order valence-corrected chi connectivity index (χ2v) is 7.09. The molecule has 0 spiro atoms. The zero-order valence-electron chi connectivity index (χ0n) is 12.7. The van der Waals surface area contributed by atoms with Gasteiger partial charge in [0.25, 0.3) is 0 Å². The predicted molar refractivity (Wildman–Crippen MR) is 79.4 cm³/mol. The second kappa shape index (κ2) is 5.58. The van der Waals surface area contributed by atoms with Crippen molar-refractivity contribution in [2.24, 2.45) is 0 Å². The van der Waals surface area contributed by atoms with Crippen LogP contribution in [-0.4, -0.2) is 64.4 Å². The van der Waals surface area contributed by atoms with E-state index in [1.807, 2.05) is 0 Å². The lowest BCUT2D eigenvalue weighted by Gasteiger charge is -2.19. The van der Waals surface area contributed by atoms with Gasteiger partial charge in [-0.1, -0.05) is 0 Å². The van der Waals surface area contributed by atoms with Crippen LogP contribution in [0.3, 0.4) is 0 Å². The molecule has 1 aliphatic rings. The standard InChI is InChI=1S/C13H17N3O5S/c1-14(2)22(19,20)9-5-6-10(11(7-9)21-4)16-8-12(17)15(3)13(16)18/h5-7H,8H2,1-4H3. The average Bonchev–Trinajstić information content (AvgIpc) is 2.73. The molecule has 0 unspecified atom stereocenters. The highest BCUT2D eigenvalue weighted by molar-refractivity contribution is 7.89. The number of ether oxygens (including phenoxy) is 1. The maximum atomic E-state index is 12.1. The van der Waals surface area contributed by atoms with E-state index in [2.05, 4.69) is 0 Å². The number of nitrogens with zero attached hydrogens (tertiary/aromatic N) is 3. The van der Waals surface area contributed by atoms with Crippen LogP contribution in [0.5, 0.6) is 5.75 Å². The molecule has 1 saturated heterocycles. The van der Waals surface area contributed by atoms with Gasteiger partial charge in [-0.2, -0.15) is 0 Å². The molecule has 1 aliphatic heterocycles. The minimum absolute atomic E-state index is 0.0458. The summed E-state index contributed by atoms with van der Waals surface area (Å²) in [5.74, 6) is -0.128. The summed E-state index contributed by atoms with van der Waals surface area (Å²) in [5.41, 5.74) is 0.350. The average molecular weight is 327 g/mol. The summed E-state index contributed by atoms with van der Waals surface area (Å²) < 4.78 is 30.5. The highest BCUT2D eigenvalue weighted by Crippen LogP contribution is 2.33. The molecule has 0 saturated carbocycles. The van der Waals surface area contributed by atoms with Crippen molar-refractivity contribution in [1.29, 1.82) is 0 Å². The Bertz CT molecular complexity index is 729. The summed E-state index contributed by atoms with van der Waals surface area (Å²) in [7, 11) is 2.00. The van der Waals surface area contributed by atoms with E-state index < -0.39 is 16.1 Å². The minimum Gasteiger partial charge on any atom is -0.495 e. The molecule has 120 valence electrons. The molecule has 9 heteroatoms. The number of anilines is 1. The van der Waals surface area contributed by atoms with Crippen LogP contribution in [0.15, 0.2) is 23.1 Å². The first kappa shape index (κ1) is 16.2. The zero-order valence-corrected chi connectivity index (χ0v) is 13.5. The van der Waals surface area contributed by atoms with Crippen molar-refractivity contribution in [3.05, 3.63) is 18.2 Å². The molecule has 1 heterocycles. The highest BCUT2D eigenvalue weighted by Gasteiger charge is 2.35. The summed E-state index contributed by atoms with van der Waals surface area (Å²) in [5, 5.41) is 0. The Kier molecular flexibility index (Phi) is 4.12. The Labute approximate surface area is 128 Å². The van der Waals surface area contributed by atoms with Crippen molar-refractivity contribution in [2.75, 3.05) is 39.7 Å². The number of hydrogen-bond acceptors (Lipinski definition) is 5. The minimum atomic E-state index is -3.61. The van der Waals surface area contributed by atoms with Crippen LogP contribution < -0.4 is 9.64 Å². The predicted octanol–water partition coefficient (Wildman–Crippen LogP) is 0.344. The third-order valence-electron chi connectivity index (χ3n) is 3.41. The number of amides is 3. The van der Waals surface area contributed by atoms with E-state index in [1.165, 1.54) is 51.4 Å². The Morgan fingerprint density at radius 2 is 1.86 bits per heavy atom. The topological polar surface area (TPSA) is 87.2 Å². The number of urea groups is 1. The van der Waals surface area contributed by atoms with Crippen molar-refractivity contribution in [3.8, 4) is 5.75 Å². The lowest BCUT2D eigenvalue weighted by molar-refractivity contribution is -0.123. The van der Waals surface area contributed by atoms with Gasteiger partial charge in [-0.25, -0.2) is 17.5 Å². The summed E-state index contributed by atoms with van der Waals surface area (Å²) in [6.07, 6.45) is 0. The fourth-order valence-electron chi connectivity index (χ4n) is 2.04. The van der Waals surface area contributed by atoms with Crippen LogP contribution >= 0.6 is 0 Å². The first-order valence-electron chi connectivity index (χ1n) is 6.38. The number of benzene rings is 1. The molecular weight excluding hydrogens is 310 g/mol. The summed E-state index contributed by atoms with van der Waals surface area (Å²) in [6, 6.07) is 3.69. The number of likely N-dealkylation sites (N-methyl/N-ethyl adjacent to an activating group) is 1. The number of rotatable bonds is 4. The number of carbonyl (C=O) groups excluding carboxylic acids is 2. The monoisotopic (exact) mass is 327 g/mol. The molecular formula is C13H17N3O5S. The lowest BCUT2D eigenvalue weighted by Crippen LogP contribution is -2.30. The van der Waals surface area contributed by atoms with E-state index in [-0.39, 0.29) is 23.1 Å². The second-order valence-electron chi connectivity index (χ2n) is 4.94. The normalized spacial score (nSPS) is 15.9. The fraction of sp³-hybridized carbons (Fsp3) is 0.385. The molecule has 3 amide bonds. The van der Waals surface area contributed by atoms with E-state index in [0.29, 0.717) is 5.69 Å². The zero-order chi connectivity index (χ0) is 16.7. The van der Waals surface area contributed by atoms with Crippen molar-refractivity contribution < 1.29 is 22.7 Å². The molecule has 2 rings (SSSR count). The van der Waals surface area contributed by atoms with Gasteiger partial charge in [0.15, 0.2) is 0 Å². The van der Waals surface area contributed by atoms with Gasteiger partial charge in [-0.3, -0.25) is 14.6 Å². The van der Waals surface area contributed by atoms with Gasteiger partial charge in [0, 0.05) is 27.2 Å². The van der Waals surface area contributed by atoms with Gasteiger partial charge >= 0.3 is 6.03 Å². The Morgan fingerprint density at radius 3 is 2.32 bits per heavy atom. The lowest BCUT2D eigenvalue weighted by atomic mass is 10.2. The van der Waals surface area contributed by atoms with Gasteiger partial charge in [-0.15, -0.1) is 0 Å². The molecule has 0 bridgehead atoms. The number of hydrogen-bond donors (Lipinski definition) is 0. The Morgan fingerprint density at radius 1 is 1.23 bits per heavy atom. The summed E-state index contributed by atoms with van der Waals surface area (Å²) >= 11 is 0. The van der Waals surface area contributed by atoms with Crippen LogP contribution in [0.1, 0.15) is 0 Å². The molecule has 0 N–H and O–H groups in total. The third kappa shape index (κ3) is 2.53. The maximum absolute atomic E-state index is 12.1. The molecule has 0 radical (unpaired) electrons. The Hall–Kier alpha value is -2.13. The Balaban J connectivity index is 2.48. The molecule has 22 heavy (non-hydrogen) atoms. The molecule has 0 aromatic heterocycles. The van der Waals surface area contributed by atoms with Gasteiger partial charge < -0.3 is 4.74 Å². The molecule has 0 aliphatic carbocycles. The van der Waals surface area contributed by atoms with Gasteiger partial charge in [0.1, 0.15) is 12.3 Å². The quantitative estimate of drug-likeness (QED) is 0.745. The molecule has 8 nitrogen and oxygen atoms in total. The maximum Gasteiger partial charge on any atom is 0.331 e. The largest absolute Gasteiger partial charge is 0.495 e. The summed E-state index contributed by atoms with van der Waals surface area (Å²) in [6.45, 7) is -0.106. The SMILES string of the molecule is COc1cc(S(=O)(=O)N(C)C)ccc1N1CC(=O)N(C)C1=O. The van der Waals surface area contributed by atoms with Crippen molar-refractivity contribution >= 4 is 27.6 Å². The van der Waals surface area contributed by atoms with Gasteiger partial charge in [0.05, 0.1) is 17.7 Å². The van der Waals surface area contributed by atoms with Gasteiger partial charge in [-0.05, 0) is 12.1 Å². The van der Waals surface area contributed by atoms with Crippen LogP contribution in [0, 0.1) is 0 Å². The van der Waals surface area contributed by atoms with Crippen LogP contribution in [-0.2, 0) is 14.8 Å². The number of carbonyl (C=O) groups is 2. The van der Waals surface area contributed by atoms with Crippen molar-refractivity contribution in [2.45, 2.75) is 4.90 Å². The van der Waals surface area contributed by atoms with Crippen LogP contribution in [0.25, 0.3) is 0 Å². The summed E-state index contributed by atoms with van der Waals surface area (Å²) in [4.78, 5) is 25.9. The molecule has 1 aromatic carbocycles. The smallest absolute Gasteiger partial charge is 0.331 e. The highest BCUT2D eigenvalue weighted by atomic mass is 32.2. The first-order chi connectivity index (χ1) is 10.2. The van der Waals surface area contributed by atoms with E-state index in [4.69, 9.17) is 4.74 Å². The van der Waals surface area contributed by atoms with E-state index in [1.54, 1.807) is 0 Å². The third-order valence-corrected chi connectivity index (χ3v) is 5.22. The van der Waals surface area contributed by atoms with Crippen LogP contribution in [0.4, 0.5) is 10.5 Å². The molecule has 1 fully saturated rings. The van der Waals surface area contributed by atoms with Crippen LogP contribution in [0.2, 0.25) is 0 Å². The molecule has 1 aromatic rings. The van der Waals surface area contributed by atoms with E-state index in [9.17, 15) is 18.0 Å². The number of imide groups is 1. The van der Waals surface area contributed by atoms with Crippen molar-refractivity contribution in [3.63, 3.8) is 0 Å². The first-order valence-corrected chi connectivity index (χ1v) is 7.82. The van der Waals surface area contributed by atoms with E-state index in [0.717, 1.165) is 9.21 Å². The fourth-order valence-corrected chi connectivity index (χ4v) is 2.95. The number of methoxy groups -OCH3 is 1.